The lowest BCUT2D eigenvalue weighted by atomic mass is 9.76. The highest BCUT2D eigenvalue weighted by atomic mass is 28.2. The Balaban J connectivity index is 2.90. The van der Waals surface area contributed by atoms with Gasteiger partial charge in [-0.1, -0.05) is 38.8 Å². The minimum Gasteiger partial charge on any atom is -0.0714 e. The van der Waals surface area contributed by atoms with Gasteiger partial charge in [0.05, 0.1) is 0 Å². The number of hydrogen-bond acceptors (Lipinski definition) is 0. The highest BCUT2D eigenvalue weighted by Gasteiger charge is 2.71. The molecule has 0 saturated heterocycles. The van der Waals surface area contributed by atoms with Crippen LogP contribution in [0.5, 0.6) is 0 Å². The SMILES string of the molecule is CC1(C)C([Si])([Si])C2=C(C1([Si])[Si])C([Si])([Si])C(C)(C)C2([Si])[Si]. The van der Waals surface area contributed by atoms with E-state index in [0.717, 1.165) is 0 Å². The maximum absolute atomic E-state index is 3.98. The smallest absolute Gasteiger partial charge is 0.0328 e. The molecule has 0 aromatic heterocycles. The number of hydrogen-bond donors (Lipinski definition) is 0. The van der Waals surface area contributed by atoms with Crippen LogP contribution in [-0.2, 0) is 0 Å². The molecule has 2 aliphatic carbocycles. The first-order chi connectivity index (χ1) is 8.49. The van der Waals surface area contributed by atoms with E-state index in [2.05, 4.69) is 110 Å². The Labute approximate surface area is 149 Å². The van der Waals surface area contributed by atoms with Crippen molar-refractivity contribution in [2.75, 3.05) is 0 Å². The molecule has 0 heterocycles. The molecule has 0 atom stereocenters. The van der Waals surface area contributed by atoms with Gasteiger partial charge in [0.15, 0.2) is 0 Å². The third-order valence-electron chi connectivity index (χ3n) is 5.50. The topological polar surface area (TPSA) is 0 Å². The second kappa shape index (κ2) is 4.11. The predicted octanol–water partition coefficient (Wildman–Crippen LogP) is 0.175. The first kappa shape index (κ1) is 17.8. The quantitative estimate of drug-likeness (QED) is 0.415. The van der Waals surface area contributed by atoms with Crippen molar-refractivity contribution in [1.82, 2.24) is 0 Å². The van der Waals surface area contributed by atoms with Gasteiger partial charge in [0.2, 0.25) is 0 Å². The van der Waals surface area contributed by atoms with Gasteiger partial charge in [0.1, 0.15) is 0 Å². The van der Waals surface area contributed by atoms with Crippen molar-refractivity contribution in [2.24, 2.45) is 10.8 Å². The van der Waals surface area contributed by atoms with Gasteiger partial charge < -0.3 is 0 Å². The van der Waals surface area contributed by atoms with Crippen LogP contribution in [0.15, 0.2) is 11.1 Å². The van der Waals surface area contributed by atoms with E-state index in [9.17, 15) is 0 Å². The van der Waals surface area contributed by atoms with Gasteiger partial charge >= 0.3 is 0 Å². The molecule has 2 rings (SSSR count). The largest absolute Gasteiger partial charge is 0.0714 e. The molecule has 8 heteroatoms. The zero-order chi connectivity index (χ0) is 16.2. The molecule has 2 aliphatic rings. The molecule has 0 fully saturated rings. The van der Waals surface area contributed by atoms with E-state index in [1.54, 1.807) is 0 Å². The molecule has 0 aromatic carbocycles. The third kappa shape index (κ3) is 1.55. The standard InChI is InChI=1S/C12H12Si8/c1-7(2)9(13,14)5-6(10(7,15)16)12(19,20)8(3,4)11(5,17)18/h1-4H3. The number of allylic oxidation sites excluding steroid dienone is 2. The van der Waals surface area contributed by atoms with E-state index in [1.807, 2.05) is 0 Å². The van der Waals surface area contributed by atoms with Gasteiger partial charge in [-0.2, -0.15) is 0 Å². The summed E-state index contributed by atoms with van der Waals surface area (Å²) in [5.41, 5.74) is 2.05. The van der Waals surface area contributed by atoms with Gasteiger partial charge in [-0.15, -0.1) is 0 Å². The summed E-state index contributed by atoms with van der Waals surface area (Å²) in [5, 5.41) is 0. The maximum atomic E-state index is 3.98. The van der Waals surface area contributed by atoms with E-state index < -0.39 is 18.6 Å². The Morgan fingerprint density at radius 1 is 0.450 bits per heavy atom. The fourth-order valence-corrected chi connectivity index (χ4v) is 9.12. The summed E-state index contributed by atoms with van der Waals surface area (Å²) in [4.78, 5) is 0. The van der Waals surface area contributed by atoms with Gasteiger partial charge in [0, 0.05) is 81.9 Å². The van der Waals surface area contributed by atoms with Crippen LogP contribution in [0.4, 0.5) is 0 Å². The van der Waals surface area contributed by atoms with Crippen LogP contribution in [-0.4, -0.2) is 81.9 Å². The number of rotatable bonds is 0. The van der Waals surface area contributed by atoms with E-state index in [0.29, 0.717) is 0 Å². The Hall–Kier alpha value is 1.48. The Kier molecular flexibility index (Phi) is 3.66. The minimum atomic E-state index is -0.395. The molecular formula is C12H12Si8. The first-order valence-corrected chi connectivity index (χ1v) is 10.2. The first-order valence-electron chi connectivity index (χ1n) is 6.25. The molecule has 0 nitrogen and oxygen atoms in total. The molecule has 0 unspecified atom stereocenters. The lowest BCUT2D eigenvalue weighted by Gasteiger charge is -2.57. The van der Waals surface area contributed by atoms with Crippen molar-refractivity contribution >= 4 is 81.9 Å². The van der Waals surface area contributed by atoms with Crippen molar-refractivity contribution in [3.05, 3.63) is 11.1 Å². The maximum Gasteiger partial charge on any atom is 0.0328 e. The fraction of sp³-hybridized carbons (Fsp3) is 0.833. The molecule has 92 valence electrons. The highest BCUT2D eigenvalue weighted by molar-refractivity contribution is 6.58. The zero-order valence-electron chi connectivity index (χ0n) is 12.0. The summed E-state index contributed by atoms with van der Waals surface area (Å²) in [7, 11) is 31.8. The molecule has 0 amide bonds. The van der Waals surface area contributed by atoms with E-state index in [-0.39, 0.29) is 10.8 Å². The van der Waals surface area contributed by atoms with Crippen LogP contribution < -0.4 is 0 Å². The second-order valence-corrected chi connectivity index (χ2v) is 15.0. The summed E-state index contributed by atoms with van der Waals surface area (Å²) in [6.07, 6.45) is 0. The Bertz CT molecular complexity index is 424. The van der Waals surface area contributed by atoms with Crippen molar-refractivity contribution in [3.8, 4) is 0 Å². The minimum absolute atomic E-state index is 0.183. The van der Waals surface area contributed by atoms with Crippen LogP contribution in [0.3, 0.4) is 0 Å². The summed E-state index contributed by atoms with van der Waals surface area (Å²) in [6.45, 7) is 8.78. The summed E-state index contributed by atoms with van der Waals surface area (Å²) in [5.74, 6) is 0. The highest BCUT2D eigenvalue weighted by Crippen LogP contribution is 2.83. The summed E-state index contributed by atoms with van der Waals surface area (Å²) in [6, 6.07) is 0. The summed E-state index contributed by atoms with van der Waals surface area (Å²) < 4.78 is -1.58. The van der Waals surface area contributed by atoms with Gasteiger partial charge in [-0.25, -0.2) is 0 Å². The lowest BCUT2D eigenvalue weighted by molar-refractivity contribution is 0.263. The predicted molar refractivity (Wildman–Crippen MR) is 91.4 cm³/mol. The van der Waals surface area contributed by atoms with E-state index >= 15 is 0 Å². The average Bonchev–Trinajstić information content (AvgIpc) is 2.39. The van der Waals surface area contributed by atoms with Crippen LogP contribution >= 0.6 is 0 Å². The van der Waals surface area contributed by atoms with Crippen LogP contribution in [0.2, 0.25) is 18.6 Å². The van der Waals surface area contributed by atoms with Crippen molar-refractivity contribution < 1.29 is 0 Å². The van der Waals surface area contributed by atoms with Crippen molar-refractivity contribution in [2.45, 2.75) is 46.3 Å². The Morgan fingerprint density at radius 2 is 0.600 bits per heavy atom. The molecule has 0 N–H and O–H groups in total. The second-order valence-electron chi connectivity index (χ2n) is 7.00. The molecule has 0 bridgehead atoms. The van der Waals surface area contributed by atoms with Gasteiger partial charge in [0.25, 0.3) is 0 Å². The molecule has 20 heavy (non-hydrogen) atoms. The monoisotopic (exact) mass is 380 g/mol. The molecular weight excluding hydrogens is 369 g/mol. The normalized spacial score (nSPS) is 34.2. The average molecular weight is 381 g/mol. The van der Waals surface area contributed by atoms with Gasteiger partial charge in [-0.05, 0) is 29.5 Å². The molecule has 0 spiro atoms. The Morgan fingerprint density at radius 3 is 0.750 bits per heavy atom. The molecule has 0 aliphatic heterocycles. The molecule has 0 aromatic rings. The van der Waals surface area contributed by atoms with Crippen LogP contribution in [0, 0.1) is 10.8 Å². The molecule has 0 saturated carbocycles. The van der Waals surface area contributed by atoms with Crippen LogP contribution in [0.1, 0.15) is 27.7 Å². The zero-order valence-corrected chi connectivity index (χ0v) is 20.0. The summed E-state index contributed by atoms with van der Waals surface area (Å²) >= 11 is 0. The molecule has 24 radical (unpaired) electrons. The van der Waals surface area contributed by atoms with Crippen LogP contribution in [0.25, 0.3) is 0 Å². The fourth-order valence-electron chi connectivity index (χ4n) is 3.12. The van der Waals surface area contributed by atoms with Crippen molar-refractivity contribution in [3.63, 3.8) is 0 Å². The van der Waals surface area contributed by atoms with E-state index in [1.165, 1.54) is 11.1 Å². The third-order valence-corrected chi connectivity index (χ3v) is 12.5. The van der Waals surface area contributed by atoms with Gasteiger partial charge in [-0.3, -0.25) is 0 Å². The van der Waals surface area contributed by atoms with Crippen molar-refractivity contribution in [1.29, 1.82) is 0 Å². The lowest BCUT2D eigenvalue weighted by Crippen LogP contribution is -2.49. The van der Waals surface area contributed by atoms with E-state index in [4.69, 9.17) is 0 Å².